The average Bonchev–Trinajstić information content (AvgIpc) is 2.15. The monoisotopic (exact) mass is 230 g/mol. The van der Waals surface area contributed by atoms with Crippen LogP contribution in [0.5, 0.6) is 0 Å². The minimum absolute atomic E-state index is 0.0773. The van der Waals surface area contributed by atoms with E-state index in [4.69, 9.17) is 10.8 Å². The minimum atomic E-state index is -0.984. The summed E-state index contributed by atoms with van der Waals surface area (Å²) in [6.07, 6.45) is 0.719. The largest absolute Gasteiger partial charge is 0.480 e. The van der Waals surface area contributed by atoms with E-state index in [9.17, 15) is 9.59 Å². The lowest BCUT2D eigenvalue weighted by Gasteiger charge is -2.17. The van der Waals surface area contributed by atoms with Crippen LogP contribution >= 0.6 is 0 Å². The van der Waals surface area contributed by atoms with Crippen LogP contribution in [-0.4, -0.2) is 29.6 Å². The second kappa shape index (κ2) is 7.22. The van der Waals surface area contributed by atoms with Gasteiger partial charge in [0.2, 0.25) is 5.91 Å². The Kier molecular flexibility index (Phi) is 6.72. The van der Waals surface area contributed by atoms with E-state index in [1.807, 2.05) is 20.8 Å². The number of hydrogen-bond donors (Lipinski definition) is 3. The Morgan fingerprint density at radius 2 is 1.88 bits per heavy atom. The molecule has 94 valence electrons. The van der Waals surface area contributed by atoms with E-state index in [0.29, 0.717) is 13.0 Å². The summed E-state index contributed by atoms with van der Waals surface area (Å²) in [5.41, 5.74) is 5.40. The van der Waals surface area contributed by atoms with Crippen molar-refractivity contribution in [2.24, 2.45) is 17.6 Å². The van der Waals surface area contributed by atoms with Gasteiger partial charge in [-0.2, -0.15) is 0 Å². The van der Waals surface area contributed by atoms with Crippen molar-refractivity contribution in [1.29, 1.82) is 0 Å². The zero-order chi connectivity index (χ0) is 12.7. The molecule has 0 saturated heterocycles. The first-order chi connectivity index (χ1) is 7.36. The molecule has 0 heterocycles. The summed E-state index contributed by atoms with van der Waals surface area (Å²) in [4.78, 5) is 22.4. The summed E-state index contributed by atoms with van der Waals surface area (Å²) in [5.74, 6) is -0.921. The molecule has 5 heteroatoms. The Morgan fingerprint density at radius 1 is 1.31 bits per heavy atom. The molecule has 0 bridgehead atoms. The second-order valence-corrected chi connectivity index (χ2v) is 4.63. The topological polar surface area (TPSA) is 92.4 Å². The van der Waals surface area contributed by atoms with Crippen molar-refractivity contribution in [2.45, 2.75) is 39.7 Å². The predicted molar refractivity (Wildman–Crippen MR) is 61.9 cm³/mol. The Morgan fingerprint density at radius 3 is 2.25 bits per heavy atom. The molecule has 1 amide bonds. The summed E-state index contributed by atoms with van der Waals surface area (Å²) in [6.45, 7) is 6.13. The molecule has 0 fully saturated rings. The summed E-state index contributed by atoms with van der Waals surface area (Å²) >= 11 is 0. The molecule has 0 aliphatic rings. The van der Waals surface area contributed by atoms with Crippen LogP contribution < -0.4 is 11.1 Å². The molecular formula is C11H22N2O3. The van der Waals surface area contributed by atoms with Gasteiger partial charge in [-0.15, -0.1) is 0 Å². The van der Waals surface area contributed by atoms with Gasteiger partial charge in [0, 0.05) is 6.42 Å². The number of nitrogens with one attached hydrogen (secondary N) is 1. The third kappa shape index (κ3) is 6.40. The zero-order valence-electron chi connectivity index (χ0n) is 10.2. The number of rotatable bonds is 7. The smallest absolute Gasteiger partial charge is 0.326 e. The van der Waals surface area contributed by atoms with Crippen LogP contribution in [0.15, 0.2) is 0 Å². The number of amides is 1. The third-order valence-electron chi connectivity index (χ3n) is 2.28. The Labute approximate surface area is 96.4 Å². The first kappa shape index (κ1) is 14.9. The maximum Gasteiger partial charge on any atom is 0.326 e. The Bertz CT molecular complexity index is 241. The molecule has 2 unspecified atom stereocenters. The van der Waals surface area contributed by atoms with Gasteiger partial charge in [-0.1, -0.05) is 20.8 Å². The van der Waals surface area contributed by atoms with Crippen LogP contribution in [0.1, 0.15) is 33.6 Å². The van der Waals surface area contributed by atoms with Gasteiger partial charge in [-0.25, -0.2) is 4.79 Å². The molecule has 4 N–H and O–H groups in total. The molecule has 0 aliphatic carbocycles. The third-order valence-corrected chi connectivity index (χ3v) is 2.28. The van der Waals surface area contributed by atoms with Gasteiger partial charge >= 0.3 is 5.97 Å². The average molecular weight is 230 g/mol. The van der Waals surface area contributed by atoms with Crippen molar-refractivity contribution in [2.75, 3.05) is 6.54 Å². The van der Waals surface area contributed by atoms with Crippen LogP contribution in [0.3, 0.4) is 0 Å². The molecule has 0 aliphatic heterocycles. The fourth-order valence-electron chi connectivity index (χ4n) is 1.35. The van der Waals surface area contributed by atoms with Crippen molar-refractivity contribution in [1.82, 2.24) is 5.32 Å². The molecule has 2 atom stereocenters. The molecule has 0 spiro atoms. The van der Waals surface area contributed by atoms with Crippen LogP contribution in [0, 0.1) is 11.8 Å². The second-order valence-electron chi connectivity index (χ2n) is 4.63. The lowest BCUT2D eigenvalue weighted by Crippen LogP contribution is -2.42. The van der Waals surface area contributed by atoms with E-state index in [1.54, 1.807) is 0 Å². The van der Waals surface area contributed by atoms with Gasteiger partial charge in [-0.3, -0.25) is 4.79 Å². The number of carboxylic acids is 1. The summed E-state index contributed by atoms with van der Waals surface area (Å²) < 4.78 is 0. The predicted octanol–water partition coefficient (Wildman–Crippen LogP) is 0.587. The van der Waals surface area contributed by atoms with Crippen LogP contribution in [-0.2, 0) is 9.59 Å². The molecule has 0 saturated carbocycles. The summed E-state index contributed by atoms with van der Waals surface area (Å²) in [6, 6.07) is -0.794. The SMILES string of the molecule is CC(C)CC(NC(=O)CC(C)CN)C(=O)O. The van der Waals surface area contributed by atoms with Crippen molar-refractivity contribution < 1.29 is 14.7 Å². The highest BCUT2D eigenvalue weighted by atomic mass is 16.4. The quantitative estimate of drug-likeness (QED) is 0.596. The first-order valence-electron chi connectivity index (χ1n) is 5.59. The van der Waals surface area contributed by atoms with E-state index in [2.05, 4.69) is 5.32 Å². The number of hydrogen-bond acceptors (Lipinski definition) is 3. The minimum Gasteiger partial charge on any atom is -0.480 e. The molecular weight excluding hydrogens is 208 g/mol. The van der Waals surface area contributed by atoms with Gasteiger partial charge < -0.3 is 16.2 Å². The fourth-order valence-corrected chi connectivity index (χ4v) is 1.35. The highest BCUT2D eigenvalue weighted by Gasteiger charge is 2.21. The maximum absolute atomic E-state index is 11.5. The Balaban J connectivity index is 4.18. The fraction of sp³-hybridized carbons (Fsp3) is 0.818. The standard InChI is InChI=1S/C11H22N2O3/c1-7(2)4-9(11(15)16)13-10(14)5-8(3)6-12/h7-9H,4-6,12H2,1-3H3,(H,13,14)(H,15,16). The molecule has 16 heavy (non-hydrogen) atoms. The molecule has 5 nitrogen and oxygen atoms in total. The summed E-state index contributed by atoms with van der Waals surface area (Å²) in [5, 5.41) is 11.4. The number of nitrogens with two attached hydrogens (primary N) is 1. The molecule has 0 aromatic carbocycles. The highest BCUT2D eigenvalue weighted by molar-refractivity contribution is 5.83. The van der Waals surface area contributed by atoms with Crippen molar-refractivity contribution in [3.8, 4) is 0 Å². The van der Waals surface area contributed by atoms with Gasteiger partial charge in [0.25, 0.3) is 0 Å². The Hall–Kier alpha value is -1.10. The van der Waals surface area contributed by atoms with Crippen LogP contribution in [0.2, 0.25) is 0 Å². The van der Waals surface area contributed by atoms with E-state index in [0.717, 1.165) is 0 Å². The molecule has 0 radical (unpaired) electrons. The normalized spacial score (nSPS) is 14.6. The van der Waals surface area contributed by atoms with Crippen LogP contribution in [0.25, 0.3) is 0 Å². The maximum atomic E-state index is 11.5. The number of carboxylic acid groups (broad SMARTS) is 1. The van der Waals surface area contributed by atoms with Crippen molar-refractivity contribution in [3.05, 3.63) is 0 Å². The van der Waals surface area contributed by atoms with E-state index < -0.39 is 12.0 Å². The molecule has 0 aromatic rings. The van der Waals surface area contributed by atoms with Gasteiger partial charge in [0.15, 0.2) is 0 Å². The number of carbonyl (C=O) groups excluding carboxylic acids is 1. The van der Waals surface area contributed by atoms with Gasteiger partial charge in [0.05, 0.1) is 0 Å². The van der Waals surface area contributed by atoms with E-state index in [1.165, 1.54) is 0 Å². The first-order valence-corrected chi connectivity index (χ1v) is 5.59. The van der Waals surface area contributed by atoms with Crippen molar-refractivity contribution in [3.63, 3.8) is 0 Å². The summed E-state index contributed by atoms with van der Waals surface area (Å²) in [7, 11) is 0. The van der Waals surface area contributed by atoms with Gasteiger partial charge in [0.1, 0.15) is 6.04 Å². The zero-order valence-corrected chi connectivity index (χ0v) is 10.2. The van der Waals surface area contributed by atoms with Crippen LogP contribution in [0.4, 0.5) is 0 Å². The van der Waals surface area contributed by atoms with Crippen molar-refractivity contribution >= 4 is 11.9 Å². The highest BCUT2D eigenvalue weighted by Crippen LogP contribution is 2.06. The number of carbonyl (C=O) groups is 2. The lowest BCUT2D eigenvalue weighted by atomic mass is 10.0. The van der Waals surface area contributed by atoms with E-state index >= 15 is 0 Å². The van der Waals surface area contributed by atoms with E-state index in [-0.39, 0.29) is 24.2 Å². The van der Waals surface area contributed by atoms with Gasteiger partial charge in [-0.05, 0) is 24.8 Å². The molecule has 0 rings (SSSR count). The molecule has 0 aromatic heterocycles. The lowest BCUT2D eigenvalue weighted by molar-refractivity contribution is -0.142. The number of aliphatic carboxylic acids is 1.